The van der Waals surface area contributed by atoms with Crippen molar-refractivity contribution in [2.24, 2.45) is 5.92 Å². The number of alkyl carbamates (subject to hydrolysis) is 1. The normalized spacial score (nSPS) is 12.7. The first-order chi connectivity index (χ1) is 14.7. The van der Waals surface area contributed by atoms with Crippen LogP contribution in [-0.4, -0.2) is 35.2 Å². The predicted octanol–water partition coefficient (Wildman–Crippen LogP) is 3.37. The van der Waals surface area contributed by atoms with E-state index in [9.17, 15) is 19.5 Å². The smallest absolute Gasteiger partial charge is 0.408 e. The zero-order valence-corrected chi connectivity index (χ0v) is 18.3. The number of carbonyl (C=O) groups excluding carboxylic acids is 2. The third-order valence-electron chi connectivity index (χ3n) is 5.10. The number of aryl methyl sites for hydroxylation is 2. The summed E-state index contributed by atoms with van der Waals surface area (Å²) in [7, 11) is 0. The Morgan fingerprint density at radius 3 is 2.10 bits per heavy atom. The van der Waals surface area contributed by atoms with Crippen LogP contribution in [0.25, 0.3) is 0 Å². The van der Waals surface area contributed by atoms with E-state index in [-0.39, 0.29) is 18.9 Å². The quantitative estimate of drug-likeness (QED) is 0.570. The molecule has 0 radical (unpaired) electrons. The summed E-state index contributed by atoms with van der Waals surface area (Å²) in [6.45, 7) is 7.42. The van der Waals surface area contributed by atoms with Gasteiger partial charge in [0.05, 0.1) is 0 Å². The molecule has 0 bridgehead atoms. The highest BCUT2D eigenvalue weighted by Gasteiger charge is 2.29. The molecule has 0 aliphatic carbocycles. The number of rotatable bonds is 9. The minimum Gasteiger partial charge on any atom is -0.480 e. The first-order valence-electron chi connectivity index (χ1n) is 10.2. The number of amides is 2. The van der Waals surface area contributed by atoms with E-state index in [1.165, 1.54) is 0 Å². The van der Waals surface area contributed by atoms with Gasteiger partial charge in [0.15, 0.2) is 0 Å². The van der Waals surface area contributed by atoms with Crippen molar-refractivity contribution in [3.05, 3.63) is 70.8 Å². The van der Waals surface area contributed by atoms with Gasteiger partial charge in [-0.25, -0.2) is 9.59 Å². The zero-order valence-electron chi connectivity index (χ0n) is 18.3. The Labute approximate surface area is 182 Å². The van der Waals surface area contributed by atoms with Crippen LogP contribution in [-0.2, 0) is 27.4 Å². The highest BCUT2D eigenvalue weighted by atomic mass is 16.5. The van der Waals surface area contributed by atoms with Crippen LogP contribution in [0.1, 0.15) is 36.1 Å². The van der Waals surface area contributed by atoms with Crippen molar-refractivity contribution in [1.29, 1.82) is 0 Å². The van der Waals surface area contributed by atoms with E-state index in [0.717, 1.165) is 22.3 Å². The Balaban J connectivity index is 2.03. The second kappa shape index (κ2) is 11.2. The lowest BCUT2D eigenvalue weighted by molar-refractivity contribution is -0.142. The van der Waals surface area contributed by atoms with Crippen LogP contribution in [0, 0.1) is 19.8 Å². The molecule has 7 nitrogen and oxygen atoms in total. The number of carbonyl (C=O) groups is 3. The van der Waals surface area contributed by atoms with Gasteiger partial charge in [-0.3, -0.25) is 4.79 Å². The number of carboxylic acid groups (broad SMARTS) is 1. The number of hydrogen-bond acceptors (Lipinski definition) is 4. The Hall–Kier alpha value is -3.35. The van der Waals surface area contributed by atoms with E-state index >= 15 is 0 Å². The molecule has 0 heterocycles. The fourth-order valence-electron chi connectivity index (χ4n) is 3.26. The van der Waals surface area contributed by atoms with Crippen molar-refractivity contribution in [2.75, 3.05) is 0 Å². The molecule has 0 aliphatic heterocycles. The highest BCUT2D eigenvalue weighted by molar-refractivity contribution is 5.89. The van der Waals surface area contributed by atoms with Crippen molar-refractivity contribution < 1.29 is 24.2 Å². The third kappa shape index (κ3) is 7.13. The molecule has 0 aliphatic rings. The standard InChI is InChI=1S/C24H30N2O5/c1-15(2)21(26-24(30)31-14-18-11-6-5-7-12-18)22(27)25-20(23(28)29)13-19-16(3)9-8-10-17(19)4/h5-12,15,20-21H,13-14H2,1-4H3,(H,25,27)(H,26,30)(H,28,29)/t20-,21-/m0/s1. The zero-order chi connectivity index (χ0) is 23.0. The first kappa shape index (κ1) is 23.9. The molecule has 0 spiro atoms. The van der Waals surface area contributed by atoms with Crippen molar-refractivity contribution >= 4 is 18.0 Å². The van der Waals surface area contributed by atoms with Crippen LogP contribution in [0.3, 0.4) is 0 Å². The molecule has 3 N–H and O–H groups in total. The van der Waals surface area contributed by atoms with E-state index in [1.807, 2.05) is 62.4 Å². The molecular formula is C24H30N2O5. The number of hydrogen-bond donors (Lipinski definition) is 3. The van der Waals surface area contributed by atoms with Crippen LogP contribution in [0.4, 0.5) is 4.79 Å². The van der Waals surface area contributed by atoms with Crippen LogP contribution in [0.15, 0.2) is 48.5 Å². The molecule has 0 fully saturated rings. The van der Waals surface area contributed by atoms with Crippen LogP contribution < -0.4 is 10.6 Å². The third-order valence-corrected chi connectivity index (χ3v) is 5.10. The van der Waals surface area contributed by atoms with Crippen molar-refractivity contribution in [3.63, 3.8) is 0 Å². The largest absolute Gasteiger partial charge is 0.480 e. The Morgan fingerprint density at radius 2 is 1.55 bits per heavy atom. The van der Waals surface area contributed by atoms with Gasteiger partial charge in [0.2, 0.25) is 5.91 Å². The van der Waals surface area contributed by atoms with Gasteiger partial charge in [-0.2, -0.15) is 0 Å². The summed E-state index contributed by atoms with van der Waals surface area (Å²) in [6, 6.07) is 12.9. The number of ether oxygens (including phenoxy) is 1. The summed E-state index contributed by atoms with van der Waals surface area (Å²) in [5.41, 5.74) is 3.63. The number of carboxylic acids is 1. The topological polar surface area (TPSA) is 105 Å². The average Bonchev–Trinajstić information content (AvgIpc) is 2.72. The van der Waals surface area contributed by atoms with Gasteiger partial charge in [-0.1, -0.05) is 62.4 Å². The van der Waals surface area contributed by atoms with Gasteiger partial charge in [0, 0.05) is 6.42 Å². The lowest BCUT2D eigenvalue weighted by Gasteiger charge is -2.24. The molecule has 2 aromatic carbocycles. The van der Waals surface area contributed by atoms with E-state index in [2.05, 4.69) is 10.6 Å². The van der Waals surface area contributed by atoms with E-state index in [0.29, 0.717) is 0 Å². The molecule has 0 aromatic heterocycles. The van der Waals surface area contributed by atoms with Gasteiger partial charge in [0.1, 0.15) is 18.7 Å². The molecule has 2 aromatic rings. The Morgan fingerprint density at radius 1 is 0.935 bits per heavy atom. The maximum absolute atomic E-state index is 12.8. The Kier molecular flexibility index (Phi) is 8.61. The van der Waals surface area contributed by atoms with Crippen LogP contribution >= 0.6 is 0 Å². The average molecular weight is 427 g/mol. The van der Waals surface area contributed by atoms with Crippen molar-refractivity contribution in [3.8, 4) is 0 Å². The maximum atomic E-state index is 12.8. The molecule has 166 valence electrons. The van der Waals surface area contributed by atoms with Crippen molar-refractivity contribution in [2.45, 2.75) is 52.8 Å². The number of benzene rings is 2. The molecule has 7 heteroatoms. The van der Waals surface area contributed by atoms with Crippen LogP contribution in [0.2, 0.25) is 0 Å². The second-order valence-corrected chi connectivity index (χ2v) is 7.90. The predicted molar refractivity (Wildman–Crippen MR) is 118 cm³/mol. The Bertz CT molecular complexity index is 891. The summed E-state index contributed by atoms with van der Waals surface area (Å²) >= 11 is 0. The minimum atomic E-state index is -1.13. The van der Waals surface area contributed by atoms with Gasteiger partial charge < -0.3 is 20.5 Å². The van der Waals surface area contributed by atoms with Gasteiger partial charge >= 0.3 is 12.1 Å². The number of aliphatic carboxylic acids is 1. The monoisotopic (exact) mass is 426 g/mol. The van der Waals surface area contributed by atoms with Gasteiger partial charge in [0.25, 0.3) is 0 Å². The van der Waals surface area contributed by atoms with Crippen LogP contribution in [0.5, 0.6) is 0 Å². The van der Waals surface area contributed by atoms with Gasteiger partial charge in [-0.15, -0.1) is 0 Å². The molecule has 31 heavy (non-hydrogen) atoms. The van der Waals surface area contributed by atoms with E-state index < -0.39 is 30.1 Å². The summed E-state index contributed by atoms with van der Waals surface area (Å²) in [4.78, 5) is 36.8. The fraction of sp³-hybridized carbons (Fsp3) is 0.375. The summed E-state index contributed by atoms with van der Waals surface area (Å²) in [6.07, 6.45) is -0.581. The molecule has 0 saturated heterocycles. The maximum Gasteiger partial charge on any atom is 0.408 e. The SMILES string of the molecule is Cc1cccc(C)c1C[C@H](NC(=O)[C@@H](NC(=O)OCc1ccccc1)C(C)C)C(=O)O. The summed E-state index contributed by atoms with van der Waals surface area (Å²) in [5.74, 6) is -1.96. The van der Waals surface area contributed by atoms with E-state index in [1.54, 1.807) is 13.8 Å². The van der Waals surface area contributed by atoms with Gasteiger partial charge in [-0.05, 0) is 42.0 Å². The molecular weight excluding hydrogens is 396 g/mol. The first-order valence-corrected chi connectivity index (χ1v) is 10.2. The lowest BCUT2D eigenvalue weighted by Crippen LogP contribution is -2.54. The fourth-order valence-corrected chi connectivity index (χ4v) is 3.26. The molecule has 0 unspecified atom stereocenters. The second-order valence-electron chi connectivity index (χ2n) is 7.90. The highest BCUT2D eigenvalue weighted by Crippen LogP contribution is 2.16. The summed E-state index contributed by atoms with van der Waals surface area (Å²) < 4.78 is 5.19. The number of nitrogens with one attached hydrogen (secondary N) is 2. The lowest BCUT2D eigenvalue weighted by atomic mass is 9.95. The molecule has 0 saturated carbocycles. The molecule has 2 rings (SSSR count). The van der Waals surface area contributed by atoms with E-state index in [4.69, 9.17) is 4.74 Å². The van der Waals surface area contributed by atoms with Crippen molar-refractivity contribution in [1.82, 2.24) is 10.6 Å². The molecule has 2 amide bonds. The molecule has 2 atom stereocenters. The summed E-state index contributed by atoms with van der Waals surface area (Å²) in [5, 5.41) is 14.8. The minimum absolute atomic E-state index is 0.0728.